The third kappa shape index (κ3) is 6.08. The van der Waals surface area contributed by atoms with Crippen LogP contribution >= 0.6 is 0 Å². The van der Waals surface area contributed by atoms with Gasteiger partial charge in [0.15, 0.2) is 0 Å². The molecule has 148 valence electrons. The number of carbonyl (C=O) groups is 3. The van der Waals surface area contributed by atoms with Gasteiger partial charge in [-0.2, -0.15) is 0 Å². The Kier molecular flexibility index (Phi) is 8.30. The number of rotatable bonds is 11. The van der Waals surface area contributed by atoms with Gasteiger partial charge in [0.2, 0.25) is 5.91 Å². The van der Waals surface area contributed by atoms with Gasteiger partial charge in [-0.05, 0) is 18.6 Å². The number of hydrogen-bond acceptors (Lipinski definition) is 3. The van der Waals surface area contributed by atoms with Gasteiger partial charge in [-0.25, -0.2) is 5.01 Å². The molecule has 1 atom stereocenters. The summed E-state index contributed by atoms with van der Waals surface area (Å²) < 4.78 is 0. The Balaban J connectivity index is 2.00. The van der Waals surface area contributed by atoms with E-state index in [-0.39, 0.29) is 24.8 Å². The average Bonchev–Trinajstić information content (AvgIpc) is 3.06. The normalized spacial score (nSPS) is 16.6. The molecule has 1 aromatic carbocycles. The van der Waals surface area contributed by atoms with E-state index in [1.54, 1.807) is 24.3 Å². The molecular formula is C21H30N2O4. The van der Waals surface area contributed by atoms with Gasteiger partial charge in [-0.1, -0.05) is 63.6 Å². The fourth-order valence-electron chi connectivity index (χ4n) is 3.37. The van der Waals surface area contributed by atoms with Crippen LogP contribution in [0.4, 0.5) is 0 Å². The summed E-state index contributed by atoms with van der Waals surface area (Å²) in [6, 6.07) is 8.83. The molecule has 1 fully saturated rings. The van der Waals surface area contributed by atoms with Gasteiger partial charge in [0, 0.05) is 18.5 Å². The van der Waals surface area contributed by atoms with Crippen LogP contribution in [0, 0.1) is 5.92 Å². The summed E-state index contributed by atoms with van der Waals surface area (Å²) in [5.74, 6) is -2.29. The first-order valence-electron chi connectivity index (χ1n) is 9.94. The van der Waals surface area contributed by atoms with E-state index >= 15 is 0 Å². The van der Waals surface area contributed by atoms with Crippen LogP contribution in [0.5, 0.6) is 0 Å². The molecule has 1 N–H and O–H groups in total. The van der Waals surface area contributed by atoms with E-state index < -0.39 is 11.9 Å². The first-order valence-corrected chi connectivity index (χ1v) is 9.94. The van der Waals surface area contributed by atoms with Gasteiger partial charge in [-0.15, -0.1) is 0 Å². The molecule has 2 rings (SSSR count). The Labute approximate surface area is 161 Å². The number of carboxylic acids is 1. The molecule has 1 aromatic rings. The van der Waals surface area contributed by atoms with E-state index in [4.69, 9.17) is 0 Å². The molecule has 6 heteroatoms. The number of carboxylic acid groups (broad SMARTS) is 1. The second-order valence-corrected chi connectivity index (χ2v) is 7.13. The molecule has 1 unspecified atom stereocenters. The number of hydrogen-bond donors (Lipinski definition) is 1. The van der Waals surface area contributed by atoms with Crippen LogP contribution < -0.4 is 0 Å². The van der Waals surface area contributed by atoms with Crippen LogP contribution in [0.25, 0.3) is 0 Å². The molecule has 2 amide bonds. The molecule has 0 saturated carbocycles. The number of aliphatic carboxylic acids is 1. The SMILES string of the molecule is CCCCCCCCCN(C(=O)c1ccccc1)N1CC(C(=O)O)CC1=O. The maximum Gasteiger partial charge on any atom is 0.308 e. The van der Waals surface area contributed by atoms with Gasteiger partial charge in [0.1, 0.15) is 0 Å². The third-order valence-corrected chi connectivity index (χ3v) is 4.97. The number of amides is 2. The summed E-state index contributed by atoms with van der Waals surface area (Å²) in [5, 5.41) is 12.0. The van der Waals surface area contributed by atoms with Gasteiger partial charge in [0.05, 0.1) is 12.5 Å². The highest BCUT2D eigenvalue weighted by Crippen LogP contribution is 2.22. The van der Waals surface area contributed by atoms with E-state index in [0.717, 1.165) is 19.3 Å². The highest BCUT2D eigenvalue weighted by atomic mass is 16.4. The van der Waals surface area contributed by atoms with Gasteiger partial charge in [-0.3, -0.25) is 19.4 Å². The first-order chi connectivity index (χ1) is 13.0. The predicted molar refractivity (Wildman–Crippen MR) is 103 cm³/mol. The number of nitrogens with zero attached hydrogens (tertiary/aromatic N) is 2. The minimum Gasteiger partial charge on any atom is -0.481 e. The van der Waals surface area contributed by atoms with Crippen LogP contribution in [0.1, 0.15) is 68.6 Å². The van der Waals surface area contributed by atoms with Crippen molar-refractivity contribution in [2.75, 3.05) is 13.1 Å². The molecule has 6 nitrogen and oxygen atoms in total. The Hall–Kier alpha value is -2.37. The maximum absolute atomic E-state index is 12.9. The van der Waals surface area contributed by atoms with E-state index in [1.807, 2.05) is 6.07 Å². The highest BCUT2D eigenvalue weighted by Gasteiger charge is 2.39. The average molecular weight is 374 g/mol. The first kappa shape index (κ1) is 20.9. The molecule has 0 bridgehead atoms. The maximum atomic E-state index is 12.9. The van der Waals surface area contributed by atoms with Crippen molar-refractivity contribution in [3.63, 3.8) is 0 Å². The molecule has 1 heterocycles. The lowest BCUT2D eigenvalue weighted by Crippen LogP contribution is -2.48. The van der Waals surface area contributed by atoms with Crippen LogP contribution in [0.2, 0.25) is 0 Å². The highest BCUT2D eigenvalue weighted by molar-refractivity contribution is 5.96. The Morgan fingerprint density at radius 3 is 2.30 bits per heavy atom. The fourth-order valence-corrected chi connectivity index (χ4v) is 3.37. The summed E-state index contributed by atoms with van der Waals surface area (Å²) in [4.78, 5) is 36.5. The largest absolute Gasteiger partial charge is 0.481 e. The summed E-state index contributed by atoms with van der Waals surface area (Å²) >= 11 is 0. The van der Waals surface area contributed by atoms with Crippen molar-refractivity contribution in [3.05, 3.63) is 35.9 Å². The zero-order valence-corrected chi connectivity index (χ0v) is 16.1. The van der Waals surface area contributed by atoms with Gasteiger partial charge in [0.25, 0.3) is 5.91 Å². The molecule has 27 heavy (non-hydrogen) atoms. The third-order valence-electron chi connectivity index (χ3n) is 4.97. The van der Waals surface area contributed by atoms with Crippen molar-refractivity contribution in [2.24, 2.45) is 5.92 Å². The van der Waals surface area contributed by atoms with E-state index in [0.29, 0.717) is 12.1 Å². The Morgan fingerprint density at radius 2 is 1.70 bits per heavy atom. The van der Waals surface area contributed by atoms with Gasteiger partial charge >= 0.3 is 5.97 Å². The number of carbonyl (C=O) groups excluding carboxylic acids is 2. The summed E-state index contributed by atoms with van der Waals surface area (Å²) in [6.07, 6.45) is 7.72. The molecule has 0 radical (unpaired) electrons. The standard InChI is InChI=1S/C21H30N2O4/c1-2-3-4-5-6-7-11-14-22(20(25)17-12-9-8-10-13-17)23-16-18(21(26)27)15-19(23)24/h8-10,12-13,18H,2-7,11,14-16H2,1H3,(H,26,27). The van der Waals surface area contributed by atoms with Crippen molar-refractivity contribution in [2.45, 2.75) is 58.3 Å². The smallest absolute Gasteiger partial charge is 0.308 e. The molecule has 0 spiro atoms. The molecule has 1 aliphatic heterocycles. The van der Waals surface area contributed by atoms with Crippen LogP contribution in [-0.2, 0) is 9.59 Å². The second kappa shape index (κ2) is 10.7. The summed E-state index contributed by atoms with van der Waals surface area (Å²) in [6.45, 7) is 2.67. The fraction of sp³-hybridized carbons (Fsp3) is 0.571. The van der Waals surface area contributed by atoms with Crippen molar-refractivity contribution in [1.82, 2.24) is 10.0 Å². The summed E-state index contributed by atoms with van der Waals surface area (Å²) in [7, 11) is 0. The molecule has 0 aliphatic carbocycles. The monoisotopic (exact) mass is 374 g/mol. The van der Waals surface area contributed by atoms with Crippen molar-refractivity contribution in [1.29, 1.82) is 0 Å². The van der Waals surface area contributed by atoms with Crippen molar-refractivity contribution < 1.29 is 19.5 Å². The minimum atomic E-state index is -0.992. The lowest BCUT2D eigenvalue weighted by molar-refractivity contribution is -0.141. The molecule has 1 aliphatic rings. The lowest BCUT2D eigenvalue weighted by atomic mass is 10.1. The van der Waals surface area contributed by atoms with Crippen molar-refractivity contribution >= 4 is 17.8 Å². The minimum absolute atomic E-state index is 0.0507. The van der Waals surface area contributed by atoms with Crippen LogP contribution in [0.15, 0.2) is 30.3 Å². The quantitative estimate of drug-likeness (QED) is 0.599. The van der Waals surface area contributed by atoms with E-state index in [1.165, 1.54) is 35.7 Å². The van der Waals surface area contributed by atoms with Gasteiger partial charge < -0.3 is 5.11 Å². The van der Waals surface area contributed by atoms with Crippen LogP contribution in [0.3, 0.4) is 0 Å². The Morgan fingerprint density at radius 1 is 1.07 bits per heavy atom. The zero-order chi connectivity index (χ0) is 19.6. The number of benzene rings is 1. The molecular weight excluding hydrogens is 344 g/mol. The zero-order valence-electron chi connectivity index (χ0n) is 16.1. The second-order valence-electron chi connectivity index (χ2n) is 7.13. The van der Waals surface area contributed by atoms with E-state index in [2.05, 4.69) is 6.92 Å². The van der Waals surface area contributed by atoms with Crippen molar-refractivity contribution in [3.8, 4) is 0 Å². The predicted octanol–water partition coefficient (Wildman–Crippen LogP) is 3.73. The lowest BCUT2D eigenvalue weighted by Gasteiger charge is -2.32. The number of unbranched alkanes of at least 4 members (excludes halogenated alkanes) is 6. The van der Waals surface area contributed by atoms with Crippen LogP contribution in [-0.4, -0.2) is 46.0 Å². The van der Waals surface area contributed by atoms with E-state index in [9.17, 15) is 19.5 Å². The summed E-state index contributed by atoms with van der Waals surface area (Å²) in [5.41, 5.74) is 0.507. The molecule has 1 saturated heterocycles. The topological polar surface area (TPSA) is 77.9 Å². The number of hydrazine groups is 1. The molecule has 0 aromatic heterocycles. The Bertz CT molecular complexity index is 632.